The van der Waals surface area contributed by atoms with Crippen LogP contribution in [-0.4, -0.2) is 53.9 Å². The number of benzene rings is 4. The quantitative estimate of drug-likeness (QED) is 0.0469. The molecule has 0 aliphatic carbocycles. The van der Waals surface area contributed by atoms with E-state index in [-0.39, 0.29) is 49.7 Å². The van der Waals surface area contributed by atoms with Crippen molar-refractivity contribution in [2.75, 3.05) is 24.9 Å². The van der Waals surface area contributed by atoms with E-state index in [0.717, 1.165) is 25.6 Å². The summed E-state index contributed by atoms with van der Waals surface area (Å²) in [6, 6.07) is 14.1. The number of nitrogens with zero attached hydrogens (tertiary/aromatic N) is 4. The van der Waals surface area contributed by atoms with Gasteiger partial charge in [0.05, 0.1) is 52.2 Å². The maximum Gasteiger partial charge on any atom is 0.534 e. The van der Waals surface area contributed by atoms with E-state index >= 15 is 0 Å². The summed E-state index contributed by atoms with van der Waals surface area (Å²) in [7, 11) is -3.37. The molecule has 0 spiro atoms. The summed E-state index contributed by atoms with van der Waals surface area (Å²) in [5.41, 5.74) is -4.41. The first-order valence-electron chi connectivity index (χ1n) is 15.1. The van der Waals surface area contributed by atoms with Gasteiger partial charge in [0.25, 0.3) is 0 Å². The highest BCUT2D eigenvalue weighted by molar-refractivity contribution is 7.88. The van der Waals surface area contributed by atoms with E-state index in [1.54, 1.807) is 24.3 Å². The van der Waals surface area contributed by atoms with Crippen molar-refractivity contribution in [3.05, 3.63) is 114 Å². The molecular formula is C35H27Cl2F5N6O6S. The first kappa shape index (κ1) is 41.9. The van der Waals surface area contributed by atoms with E-state index in [9.17, 15) is 35.2 Å². The van der Waals surface area contributed by atoms with Gasteiger partial charge in [-0.2, -0.15) is 21.6 Å². The molecule has 0 atom stereocenters. The SMILES string of the molecule is C=C.COc1cc2ncnc(Nc3cccc(Cl)c3F)c2cc1C(C)=O.COc1cc2ncnc(Nc3cccc(Cl)c3F)c2cc1OS(=O)(=O)C(F)(F)F. The predicted octanol–water partition coefficient (Wildman–Crippen LogP) is 9.58. The van der Waals surface area contributed by atoms with Gasteiger partial charge in [-0.05, 0) is 43.3 Å². The Morgan fingerprint density at radius 2 is 1.18 bits per heavy atom. The molecule has 55 heavy (non-hydrogen) atoms. The predicted molar refractivity (Wildman–Crippen MR) is 198 cm³/mol. The molecule has 288 valence electrons. The highest BCUT2D eigenvalue weighted by Crippen LogP contribution is 2.38. The molecule has 0 fully saturated rings. The molecule has 0 saturated heterocycles. The van der Waals surface area contributed by atoms with Crippen molar-refractivity contribution in [2.24, 2.45) is 0 Å². The van der Waals surface area contributed by atoms with Gasteiger partial charge < -0.3 is 24.3 Å². The maximum atomic E-state index is 14.2. The number of Topliss-reactive ketones (excluding diaryl/α,β-unsaturated/α-hetero) is 1. The third kappa shape index (κ3) is 9.45. The van der Waals surface area contributed by atoms with Gasteiger partial charge in [-0.25, -0.2) is 28.7 Å². The van der Waals surface area contributed by atoms with Gasteiger partial charge in [0, 0.05) is 22.9 Å². The van der Waals surface area contributed by atoms with Gasteiger partial charge in [-0.1, -0.05) is 35.3 Å². The Morgan fingerprint density at radius 3 is 1.62 bits per heavy atom. The van der Waals surface area contributed by atoms with Crippen molar-refractivity contribution in [3.63, 3.8) is 0 Å². The lowest BCUT2D eigenvalue weighted by Crippen LogP contribution is -2.28. The van der Waals surface area contributed by atoms with Crippen LogP contribution in [0, 0.1) is 11.6 Å². The number of hydrogen-bond donors (Lipinski definition) is 2. The van der Waals surface area contributed by atoms with Crippen LogP contribution in [0.25, 0.3) is 21.8 Å². The van der Waals surface area contributed by atoms with E-state index in [1.165, 1.54) is 44.6 Å². The van der Waals surface area contributed by atoms with Gasteiger partial charge in [0.15, 0.2) is 28.9 Å². The Labute approximate surface area is 320 Å². The van der Waals surface area contributed by atoms with Gasteiger partial charge in [0.2, 0.25) is 0 Å². The minimum absolute atomic E-state index is 0.00413. The summed E-state index contributed by atoms with van der Waals surface area (Å²) < 4.78 is 103. The highest BCUT2D eigenvalue weighted by atomic mass is 35.5. The second-order valence-corrected chi connectivity index (χ2v) is 12.9. The monoisotopic (exact) mass is 824 g/mol. The number of halogens is 7. The van der Waals surface area contributed by atoms with Crippen LogP contribution in [0.15, 0.2) is 86.5 Å². The molecule has 0 saturated carbocycles. The number of fused-ring (bicyclic) bond motifs is 2. The van der Waals surface area contributed by atoms with Gasteiger partial charge in [0.1, 0.15) is 30.0 Å². The number of anilines is 4. The molecule has 0 unspecified atom stereocenters. The second kappa shape index (κ2) is 17.5. The molecular weight excluding hydrogens is 798 g/mol. The number of nitrogens with one attached hydrogen (secondary N) is 2. The number of ketones is 1. The Morgan fingerprint density at radius 1 is 0.727 bits per heavy atom. The molecule has 2 N–H and O–H groups in total. The van der Waals surface area contributed by atoms with Crippen LogP contribution in [0.1, 0.15) is 17.3 Å². The summed E-state index contributed by atoms with van der Waals surface area (Å²) in [6.07, 6.45) is 2.46. The van der Waals surface area contributed by atoms with Crippen molar-refractivity contribution in [3.8, 4) is 17.2 Å². The van der Waals surface area contributed by atoms with Crippen molar-refractivity contribution < 1.29 is 48.8 Å². The number of rotatable bonds is 9. The molecule has 4 aromatic carbocycles. The van der Waals surface area contributed by atoms with E-state index in [2.05, 4.69) is 47.9 Å². The zero-order chi connectivity index (χ0) is 40.7. The number of alkyl halides is 3. The van der Waals surface area contributed by atoms with Crippen LogP contribution in [0.5, 0.6) is 17.2 Å². The largest absolute Gasteiger partial charge is 0.534 e. The number of hydrogen-bond acceptors (Lipinski definition) is 12. The smallest absolute Gasteiger partial charge is 0.496 e. The number of carbonyl (C=O) groups excluding carboxylic acids is 1. The molecule has 0 bridgehead atoms. The van der Waals surface area contributed by atoms with E-state index in [4.69, 9.17) is 32.7 Å². The summed E-state index contributed by atoms with van der Waals surface area (Å²) in [5, 5.41) is 5.98. The van der Waals surface area contributed by atoms with Crippen LogP contribution >= 0.6 is 23.2 Å². The summed E-state index contributed by atoms with van der Waals surface area (Å²) >= 11 is 11.5. The minimum Gasteiger partial charge on any atom is -0.496 e. The summed E-state index contributed by atoms with van der Waals surface area (Å²) in [5.74, 6) is -1.83. The lowest BCUT2D eigenvalue weighted by Gasteiger charge is -2.14. The molecule has 6 aromatic rings. The highest BCUT2D eigenvalue weighted by Gasteiger charge is 2.49. The second-order valence-electron chi connectivity index (χ2n) is 10.5. The van der Waals surface area contributed by atoms with E-state index in [0.29, 0.717) is 28.0 Å². The number of ether oxygens (including phenoxy) is 2. The maximum absolute atomic E-state index is 14.2. The van der Waals surface area contributed by atoms with E-state index in [1.807, 2.05) is 0 Å². The zero-order valence-corrected chi connectivity index (χ0v) is 31.0. The van der Waals surface area contributed by atoms with Crippen molar-refractivity contribution in [1.82, 2.24) is 19.9 Å². The Kier molecular flexibility index (Phi) is 13.4. The van der Waals surface area contributed by atoms with Gasteiger partial charge >= 0.3 is 15.6 Å². The number of aromatic nitrogens is 4. The van der Waals surface area contributed by atoms with Crippen LogP contribution in [-0.2, 0) is 10.1 Å². The third-order valence-corrected chi connectivity index (χ3v) is 8.70. The topological polar surface area (TPSA) is 155 Å². The fourth-order valence-corrected chi connectivity index (χ4v) is 5.45. The zero-order valence-electron chi connectivity index (χ0n) is 28.6. The molecule has 0 amide bonds. The molecule has 20 heteroatoms. The van der Waals surface area contributed by atoms with Crippen LogP contribution < -0.4 is 24.3 Å². The number of carbonyl (C=O) groups is 1. The molecule has 2 aromatic heterocycles. The minimum atomic E-state index is -5.95. The lowest BCUT2D eigenvalue weighted by atomic mass is 10.1. The molecule has 12 nitrogen and oxygen atoms in total. The third-order valence-electron chi connectivity index (χ3n) is 7.15. The standard InChI is InChI=1S/C17H13ClFN3O2.C16H10ClF4N3O4S.C2H4/c1-9(23)10-6-11-14(7-15(10)24-2)20-8-21-17(11)22-13-5-3-4-12(18)16(13)19;1-27-12-6-11-8(5-13(12)28-29(25,26)16(19,20)21)15(23-7-22-11)24-10-4-2-3-9(17)14(10)18;1-2/h3-8H,1-2H3,(H,20,21,22);2-7H,1H3,(H,22,23,24);1-2H2. The van der Waals surface area contributed by atoms with E-state index < -0.39 is 33.0 Å². The van der Waals surface area contributed by atoms with Gasteiger partial charge in [-0.15, -0.1) is 13.2 Å². The normalized spacial score (nSPS) is 11.1. The van der Waals surface area contributed by atoms with Crippen molar-refractivity contribution >= 4 is 83.9 Å². The van der Waals surface area contributed by atoms with Gasteiger partial charge in [-0.3, -0.25) is 4.79 Å². The summed E-state index contributed by atoms with van der Waals surface area (Å²) in [4.78, 5) is 28.0. The molecule has 6 rings (SSSR count). The van der Waals surface area contributed by atoms with Crippen LogP contribution in [0.2, 0.25) is 10.0 Å². The Hall–Kier alpha value is -5.85. The first-order chi connectivity index (χ1) is 26.0. The Balaban J connectivity index is 0.000000238. The molecule has 0 radical (unpaired) electrons. The first-order valence-corrected chi connectivity index (χ1v) is 17.3. The number of methoxy groups -OCH3 is 2. The molecule has 2 heterocycles. The fraction of sp³-hybridized carbons (Fsp3) is 0.114. The summed E-state index contributed by atoms with van der Waals surface area (Å²) in [6.45, 7) is 7.44. The fourth-order valence-electron chi connectivity index (χ4n) is 4.64. The van der Waals surface area contributed by atoms with Crippen molar-refractivity contribution in [2.45, 2.75) is 12.4 Å². The van der Waals surface area contributed by atoms with Crippen LogP contribution in [0.3, 0.4) is 0 Å². The lowest BCUT2D eigenvalue weighted by molar-refractivity contribution is -0.0500. The Bertz CT molecular complexity index is 2500. The average molecular weight is 826 g/mol. The van der Waals surface area contributed by atoms with Crippen molar-refractivity contribution in [1.29, 1.82) is 0 Å². The molecule has 0 aliphatic heterocycles. The van der Waals surface area contributed by atoms with Crippen LogP contribution in [0.4, 0.5) is 45.0 Å². The average Bonchev–Trinajstić information content (AvgIpc) is 3.15. The molecule has 0 aliphatic rings.